The van der Waals surface area contributed by atoms with Crippen LogP contribution in [0.5, 0.6) is 0 Å². The number of benzene rings is 1. The van der Waals surface area contributed by atoms with E-state index in [-0.39, 0.29) is 4.90 Å². The van der Waals surface area contributed by atoms with Gasteiger partial charge in [-0.3, -0.25) is 4.21 Å². The van der Waals surface area contributed by atoms with Crippen LogP contribution in [-0.2, 0) is 17.3 Å². The van der Waals surface area contributed by atoms with Gasteiger partial charge in [0.15, 0.2) is 0 Å². The van der Waals surface area contributed by atoms with Crippen LogP contribution in [0.4, 0.5) is 14.9 Å². The molecule has 0 unspecified atom stereocenters. The van der Waals surface area contributed by atoms with E-state index in [2.05, 4.69) is 15.6 Å². The predicted octanol–water partition coefficient (Wildman–Crippen LogP) is 1.97. The molecule has 2 aromatic rings. The number of aromatic nitrogens is 2. The number of imidazole rings is 1. The molecule has 6 nitrogen and oxygen atoms in total. The first kappa shape index (κ1) is 16.2. The third-order valence-corrected chi connectivity index (χ3v) is 3.89. The maximum Gasteiger partial charge on any atom is 0.319 e. The highest BCUT2D eigenvalue weighted by Crippen LogP contribution is 2.16. The number of nitrogens with one attached hydrogen (secondary N) is 2. The minimum Gasteiger partial charge on any atom is -0.338 e. The third-order valence-electron chi connectivity index (χ3n) is 2.94. The van der Waals surface area contributed by atoms with Crippen LogP contribution in [0.1, 0.15) is 6.42 Å². The summed E-state index contributed by atoms with van der Waals surface area (Å²) in [6, 6.07) is 3.67. The predicted molar refractivity (Wildman–Crippen MR) is 82.6 cm³/mol. The normalized spacial score (nSPS) is 11.9. The number of hydrogen-bond acceptors (Lipinski definition) is 3. The van der Waals surface area contributed by atoms with Crippen LogP contribution in [0.3, 0.4) is 0 Å². The van der Waals surface area contributed by atoms with Gasteiger partial charge in [0.2, 0.25) is 0 Å². The van der Waals surface area contributed by atoms with Crippen LogP contribution in [0.15, 0.2) is 41.8 Å². The maximum atomic E-state index is 13.6. The van der Waals surface area contributed by atoms with Gasteiger partial charge in [0.1, 0.15) is 5.82 Å². The average molecular weight is 324 g/mol. The number of halogens is 1. The van der Waals surface area contributed by atoms with E-state index in [1.54, 1.807) is 12.5 Å². The van der Waals surface area contributed by atoms with E-state index in [1.807, 2.05) is 10.8 Å². The molecule has 0 spiro atoms. The summed E-state index contributed by atoms with van der Waals surface area (Å²) in [4.78, 5) is 15.7. The highest BCUT2D eigenvalue weighted by Gasteiger charge is 2.08. The molecule has 1 heterocycles. The number of nitrogens with zero attached hydrogens (tertiary/aromatic N) is 2. The molecule has 1 aromatic heterocycles. The van der Waals surface area contributed by atoms with Gasteiger partial charge in [0.05, 0.1) is 22.0 Å². The lowest BCUT2D eigenvalue weighted by molar-refractivity contribution is 0.252. The van der Waals surface area contributed by atoms with Crippen molar-refractivity contribution in [2.75, 3.05) is 18.1 Å². The monoisotopic (exact) mass is 324 g/mol. The maximum absolute atomic E-state index is 13.6. The molecule has 0 aliphatic rings. The molecule has 0 radical (unpaired) electrons. The number of amides is 2. The summed E-state index contributed by atoms with van der Waals surface area (Å²) in [7, 11) is -1.39. The van der Waals surface area contributed by atoms with E-state index >= 15 is 0 Å². The minimum absolute atomic E-state index is 0.117. The first-order valence-electron chi connectivity index (χ1n) is 6.70. The molecule has 0 bridgehead atoms. The fraction of sp³-hybridized carbons (Fsp3) is 0.286. The van der Waals surface area contributed by atoms with Crippen LogP contribution in [0.25, 0.3) is 0 Å². The van der Waals surface area contributed by atoms with Crippen LogP contribution in [0.2, 0.25) is 0 Å². The molecule has 0 aliphatic heterocycles. The van der Waals surface area contributed by atoms with E-state index in [1.165, 1.54) is 18.4 Å². The lowest BCUT2D eigenvalue weighted by atomic mass is 10.3. The Balaban J connectivity index is 1.77. The fourth-order valence-corrected chi connectivity index (χ4v) is 2.46. The number of anilines is 1. The van der Waals surface area contributed by atoms with E-state index in [0.717, 1.165) is 19.0 Å². The molecule has 2 amide bonds. The standard InChI is InChI=1S/C14H17FN4O2S/c1-22(21)13-4-3-11(9-12(13)15)18-14(20)17-5-2-7-19-8-6-16-10-19/h3-4,6,8-10H,2,5,7H2,1H3,(H2,17,18,20)/t22-/m1/s1. The molecule has 0 saturated heterocycles. The first-order valence-corrected chi connectivity index (χ1v) is 8.25. The Morgan fingerprint density at radius 3 is 2.91 bits per heavy atom. The zero-order valence-electron chi connectivity index (χ0n) is 12.1. The Bertz CT molecular complexity index is 661. The number of rotatable bonds is 6. The summed E-state index contributed by atoms with van der Waals surface area (Å²) < 4.78 is 26.8. The molecule has 0 aliphatic carbocycles. The van der Waals surface area contributed by atoms with Crippen molar-refractivity contribution in [1.82, 2.24) is 14.9 Å². The zero-order valence-corrected chi connectivity index (χ0v) is 12.9. The Kier molecular flexibility index (Phi) is 5.65. The molecule has 2 rings (SSSR count). The molecule has 0 saturated carbocycles. The van der Waals surface area contributed by atoms with E-state index in [4.69, 9.17) is 0 Å². The summed E-state index contributed by atoms with van der Waals surface area (Å²) in [6.07, 6.45) is 7.41. The highest BCUT2D eigenvalue weighted by molar-refractivity contribution is 7.84. The van der Waals surface area contributed by atoms with Crippen molar-refractivity contribution in [2.45, 2.75) is 17.9 Å². The van der Waals surface area contributed by atoms with Crippen LogP contribution >= 0.6 is 0 Å². The van der Waals surface area contributed by atoms with Gasteiger partial charge in [-0.15, -0.1) is 0 Å². The first-order chi connectivity index (χ1) is 10.6. The van der Waals surface area contributed by atoms with Crippen molar-refractivity contribution >= 4 is 22.5 Å². The molecule has 2 N–H and O–H groups in total. The highest BCUT2D eigenvalue weighted by atomic mass is 32.2. The van der Waals surface area contributed by atoms with E-state index in [9.17, 15) is 13.4 Å². The van der Waals surface area contributed by atoms with Crippen molar-refractivity contribution in [1.29, 1.82) is 0 Å². The van der Waals surface area contributed by atoms with Gasteiger partial charge in [0, 0.05) is 37.4 Å². The molecular weight excluding hydrogens is 307 g/mol. The fourth-order valence-electron chi connectivity index (χ4n) is 1.87. The number of hydrogen-bond donors (Lipinski definition) is 2. The van der Waals surface area contributed by atoms with E-state index < -0.39 is 22.6 Å². The van der Waals surface area contributed by atoms with Crippen molar-refractivity contribution < 1.29 is 13.4 Å². The number of aryl methyl sites for hydroxylation is 1. The molecule has 22 heavy (non-hydrogen) atoms. The van der Waals surface area contributed by atoms with Crippen molar-refractivity contribution in [3.8, 4) is 0 Å². The Morgan fingerprint density at radius 1 is 1.45 bits per heavy atom. The topological polar surface area (TPSA) is 76.0 Å². The average Bonchev–Trinajstić information content (AvgIpc) is 2.96. The second-order valence-electron chi connectivity index (χ2n) is 4.63. The van der Waals surface area contributed by atoms with Gasteiger partial charge < -0.3 is 15.2 Å². The van der Waals surface area contributed by atoms with Crippen molar-refractivity contribution in [3.05, 3.63) is 42.7 Å². The molecule has 1 atom stereocenters. The van der Waals surface area contributed by atoms with Gasteiger partial charge in [-0.05, 0) is 24.6 Å². The number of carbonyl (C=O) groups excluding carboxylic acids is 1. The van der Waals surface area contributed by atoms with Crippen LogP contribution in [-0.4, -0.2) is 32.6 Å². The van der Waals surface area contributed by atoms with E-state index in [0.29, 0.717) is 12.2 Å². The Labute approximate surface area is 130 Å². The van der Waals surface area contributed by atoms with Crippen molar-refractivity contribution in [3.63, 3.8) is 0 Å². The Morgan fingerprint density at radius 2 is 2.27 bits per heavy atom. The number of carbonyl (C=O) groups is 1. The van der Waals surface area contributed by atoms with Gasteiger partial charge >= 0.3 is 6.03 Å². The molecular formula is C14H17FN4O2S. The summed E-state index contributed by atoms with van der Waals surface area (Å²) in [5, 5.41) is 5.22. The van der Waals surface area contributed by atoms with Crippen LogP contribution < -0.4 is 10.6 Å². The summed E-state index contributed by atoms with van der Waals surface area (Å²) in [5.74, 6) is -0.598. The molecule has 1 aromatic carbocycles. The van der Waals surface area contributed by atoms with Gasteiger partial charge in [0.25, 0.3) is 0 Å². The zero-order chi connectivity index (χ0) is 15.9. The second-order valence-corrected chi connectivity index (χ2v) is 5.98. The van der Waals surface area contributed by atoms with Crippen molar-refractivity contribution in [2.24, 2.45) is 0 Å². The number of urea groups is 1. The van der Waals surface area contributed by atoms with Gasteiger partial charge in [-0.2, -0.15) is 0 Å². The van der Waals surface area contributed by atoms with Gasteiger partial charge in [-0.1, -0.05) is 0 Å². The smallest absolute Gasteiger partial charge is 0.319 e. The second kappa shape index (κ2) is 7.69. The SMILES string of the molecule is C[S@@](=O)c1ccc(NC(=O)NCCCn2ccnc2)cc1F. The quantitative estimate of drug-likeness (QED) is 0.798. The van der Waals surface area contributed by atoms with Crippen LogP contribution in [0, 0.1) is 5.82 Å². The van der Waals surface area contributed by atoms with Gasteiger partial charge in [-0.25, -0.2) is 14.2 Å². The lowest BCUT2D eigenvalue weighted by Gasteiger charge is -2.09. The third kappa shape index (κ3) is 4.66. The molecule has 118 valence electrons. The summed E-state index contributed by atoms with van der Waals surface area (Å²) in [6.45, 7) is 1.25. The Hall–Kier alpha value is -2.22. The summed E-state index contributed by atoms with van der Waals surface area (Å²) >= 11 is 0. The summed E-state index contributed by atoms with van der Waals surface area (Å²) in [5.41, 5.74) is 0.318. The molecule has 0 fully saturated rings. The minimum atomic E-state index is -1.39. The largest absolute Gasteiger partial charge is 0.338 e. The molecule has 8 heteroatoms. The lowest BCUT2D eigenvalue weighted by Crippen LogP contribution is -2.30.